The summed E-state index contributed by atoms with van der Waals surface area (Å²) < 4.78 is 6.92. The van der Waals surface area contributed by atoms with Crippen LogP contribution in [0.15, 0.2) is 10.7 Å². The lowest BCUT2D eigenvalue weighted by Crippen LogP contribution is -2.32. The summed E-state index contributed by atoms with van der Waals surface area (Å²) in [5, 5.41) is 8.51. The Balaban J connectivity index is 1.97. The molecule has 1 fully saturated rings. The molecule has 0 aromatic carbocycles. The lowest BCUT2D eigenvalue weighted by Gasteiger charge is -2.25. The number of aromatic nitrogens is 3. The van der Waals surface area contributed by atoms with E-state index in [9.17, 15) is 4.79 Å². The Morgan fingerprint density at radius 1 is 1.55 bits per heavy atom. The summed E-state index contributed by atoms with van der Waals surface area (Å²) >= 11 is 6.12. The first-order valence-corrected chi connectivity index (χ1v) is 7.85. The van der Waals surface area contributed by atoms with Crippen LogP contribution < -0.4 is 0 Å². The average molecular weight is 323 g/mol. The molecule has 0 saturated carbocycles. The van der Waals surface area contributed by atoms with Crippen molar-refractivity contribution >= 4 is 17.5 Å². The molecule has 7 heteroatoms. The average Bonchev–Trinajstić information content (AvgIpc) is 3.17. The molecule has 2 aromatic heterocycles. The Bertz CT molecular complexity index is 687. The van der Waals surface area contributed by atoms with Gasteiger partial charge in [0.1, 0.15) is 11.5 Å². The maximum absolute atomic E-state index is 12.9. The Kier molecular flexibility index (Phi) is 3.95. The lowest BCUT2D eigenvalue weighted by molar-refractivity contribution is 0.0723. The number of carbonyl (C=O) groups excluding carboxylic acids is 1. The first-order chi connectivity index (χ1) is 10.5. The zero-order chi connectivity index (χ0) is 15.9. The van der Waals surface area contributed by atoms with Crippen LogP contribution in [0.1, 0.15) is 53.3 Å². The number of nitrogens with zero attached hydrogens (tertiary/aromatic N) is 4. The number of amides is 1. The maximum atomic E-state index is 12.9. The fourth-order valence-electron chi connectivity index (χ4n) is 3.20. The molecule has 3 rings (SSSR count). The molecule has 2 aromatic rings. The van der Waals surface area contributed by atoms with Gasteiger partial charge in [-0.25, -0.2) is 0 Å². The van der Waals surface area contributed by atoms with Gasteiger partial charge in [0, 0.05) is 25.6 Å². The summed E-state index contributed by atoms with van der Waals surface area (Å²) in [6.45, 7) is 4.66. The number of rotatable bonds is 3. The lowest BCUT2D eigenvalue weighted by atomic mass is 10.0. The largest absolute Gasteiger partial charge is 0.361 e. The monoisotopic (exact) mass is 322 g/mol. The fraction of sp³-hybridized carbons (Fsp3) is 0.533. The van der Waals surface area contributed by atoms with Crippen molar-refractivity contribution in [3.05, 3.63) is 33.9 Å². The summed E-state index contributed by atoms with van der Waals surface area (Å²) in [5.41, 5.74) is 2.34. The van der Waals surface area contributed by atoms with Gasteiger partial charge in [-0.05, 0) is 19.8 Å². The summed E-state index contributed by atoms with van der Waals surface area (Å²) in [6, 6.07) is -0.000309. The topological polar surface area (TPSA) is 64.2 Å². The number of halogens is 1. The Morgan fingerprint density at radius 3 is 2.95 bits per heavy atom. The van der Waals surface area contributed by atoms with Gasteiger partial charge in [0.05, 0.1) is 23.0 Å². The van der Waals surface area contributed by atoms with E-state index < -0.39 is 0 Å². The second-order valence-electron chi connectivity index (χ2n) is 5.58. The second-order valence-corrected chi connectivity index (χ2v) is 5.99. The molecule has 1 atom stereocenters. The highest BCUT2D eigenvalue weighted by atomic mass is 35.5. The van der Waals surface area contributed by atoms with E-state index in [1.54, 1.807) is 7.05 Å². The van der Waals surface area contributed by atoms with Gasteiger partial charge in [-0.1, -0.05) is 23.7 Å². The van der Waals surface area contributed by atoms with Gasteiger partial charge in [-0.15, -0.1) is 0 Å². The molecule has 118 valence electrons. The van der Waals surface area contributed by atoms with Crippen LogP contribution in [-0.2, 0) is 13.5 Å². The molecule has 1 amide bonds. The normalized spacial score (nSPS) is 18.2. The minimum atomic E-state index is -0.0878. The van der Waals surface area contributed by atoms with Crippen LogP contribution in [0, 0.1) is 6.92 Å². The smallest absolute Gasteiger partial charge is 0.274 e. The van der Waals surface area contributed by atoms with Crippen LogP contribution in [-0.4, -0.2) is 32.3 Å². The van der Waals surface area contributed by atoms with E-state index in [2.05, 4.69) is 10.3 Å². The van der Waals surface area contributed by atoms with E-state index in [1.165, 1.54) is 10.9 Å². The van der Waals surface area contributed by atoms with Crippen LogP contribution >= 0.6 is 11.6 Å². The van der Waals surface area contributed by atoms with Crippen LogP contribution in [0.4, 0.5) is 0 Å². The van der Waals surface area contributed by atoms with Gasteiger partial charge in [-0.2, -0.15) is 5.10 Å². The highest BCUT2D eigenvalue weighted by molar-refractivity contribution is 6.33. The fourth-order valence-corrected chi connectivity index (χ4v) is 3.45. The van der Waals surface area contributed by atoms with Gasteiger partial charge in [0.15, 0.2) is 0 Å². The predicted octanol–water partition coefficient (Wildman–Crippen LogP) is 2.91. The zero-order valence-electron chi connectivity index (χ0n) is 13.0. The number of aryl methyl sites for hydroxylation is 3. The van der Waals surface area contributed by atoms with Gasteiger partial charge in [-0.3, -0.25) is 9.48 Å². The summed E-state index contributed by atoms with van der Waals surface area (Å²) in [5.74, 6) is 0.772. The minimum Gasteiger partial charge on any atom is -0.361 e. The van der Waals surface area contributed by atoms with Gasteiger partial charge in [0.2, 0.25) is 0 Å². The van der Waals surface area contributed by atoms with Gasteiger partial charge >= 0.3 is 0 Å². The molecule has 0 aliphatic carbocycles. The van der Waals surface area contributed by atoms with Crippen molar-refractivity contribution in [2.45, 2.75) is 39.2 Å². The predicted molar refractivity (Wildman–Crippen MR) is 81.8 cm³/mol. The highest BCUT2D eigenvalue weighted by Gasteiger charge is 2.36. The standard InChI is InChI=1S/C15H19ClN4O2/c1-4-12-13(9(2)18-22-12)11-6-5-7-20(11)15(21)14-10(16)8-17-19(14)3/h8,11H,4-7H2,1-3H3. The van der Waals surface area contributed by atoms with Crippen LogP contribution in [0.5, 0.6) is 0 Å². The molecule has 0 bridgehead atoms. The van der Waals surface area contributed by atoms with Crippen molar-refractivity contribution in [1.29, 1.82) is 0 Å². The van der Waals surface area contributed by atoms with E-state index in [4.69, 9.17) is 16.1 Å². The number of carbonyl (C=O) groups is 1. The van der Waals surface area contributed by atoms with Crippen molar-refractivity contribution in [3.8, 4) is 0 Å². The second kappa shape index (κ2) is 5.76. The van der Waals surface area contributed by atoms with Gasteiger partial charge in [0.25, 0.3) is 5.91 Å². The number of hydrogen-bond acceptors (Lipinski definition) is 4. The Labute approximate surface area is 134 Å². The van der Waals surface area contributed by atoms with Crippen LogP contribution in [0.2, 0.25) is 5.02 Å². The summed E-state index contributed by atoms with van der Waals surface area (Å²) in [6.07, 6.45) is 4.14. The minimum absolute atomic E-state index is 0.000309. The van der Waals surface area contributed by atoms with E-state index >= 15 is 0 Å². The SMILES string of the molecule is CCc1onc(C)c1C1CCCN1C(=O)c1c(Cl)cnn1C. The quantitative estimate of drug-likeness (QED) is 0.871. The van der Waals surface area contributed by atoms with E-state index in [0.29, 0.717) is 17.3 Å². The molecule has 1 unspecified atom stereocenters. The van der Waals surface area contributed by atoms with E-state index in [0.717, 1.165) is 36.3 Å². The third-order valence-electron chi connectivity index (χ3n) is 4.25. The molecule has 0 N–H and O–H groups in total. The third-order valence-corrected chi connectivity index (χ3v) is 4.52. The van der Waals surface area contributed by atoms with E-state index in [-0.39, 0.29) is 11.9 Å². The first kappa shape index (κ1) is 15.1. The number of hydrogen-bond donors (Lipinski definition) is 0. The summed E-state index contributed by atoms with van der Waals surface area (Å²) in [4.78, 5) is 14.8. The molecule has 1 saturated heterocycles. The third kappa shape index (κ3) is 2.31. The molecule has 3 heterocycles. The van der Waals surface area contributed by atoms with Gasteiger partial charge < -0.3 is 9.42 Å². The molecule has 0 radical (unpaired) electrons. The molecule has 1 aliphatic rings. The first-order valence-electron chi connectivity index (χ1n) is 7.48. The van der Waals surface area contributed by atoms with Crippen molar-refractivity contribution in [2.75, 3.05) is 6.54 Å². The van der Waals surface area contributed by atoms with E-state index in [1.807, 2.05) is 18.7 Å². The zero-order valence-corrected chi connectivity index (χ0v) is 13.7. The molecule has 6 nitrogen and oxygen atoms in total. The van der Waals surface area contributed by atoms with Crippen LogP contribution in [0.25, 0.3) is 0 Å². The highest BCUT2D eigenvalue weighted by Crippen LogP contribution is 2.37. The number of likely N-dealkylation sites (tertiary alicyclic amines) is 1. The summed E-state index contributed by atoms with van der Waals surface area (Å²) in [7, 11) is 1.73. The molecular formula is C15H19ClN4O2. The molecule has 1 aliphatic heterocycles. The molecular weight excluding hydrogens is 304 g/mol. The van der Waals surface area contributed by atoms with Crippen molar-refractivity contribution in [1.82, 2.24) is 19.8 Å². The Morgan fingerprint density at radius 2 is 2.32 bits per heavy atom. The van der Waals surface area contributed by atoms with Crippen molar-refractivity contribution in [2.24, 2.45) is 7.05 Å². The van der Waals surface area contributed by atoms with Crippen molar-refractivity contribution < 1.29 is 9.32 Å². The molecule has 0 spiro atoms. The maximum Gasteiger partial charge on any atom is 0.274 e. The van der Waals surface area contributed by atoms with Crippen LogP contribution in [0.3, 0.4) is 0 Å². The molecule has 22 heavy (non-hydrogen) atoms. The van der Waals surface area contributed by atoms with Crippen molar-refractivity contribution in [3.63, 3.8) is 0 Å². The Hall–Kier alpha value is -1.82.